The van der Waals surface area contributed by atoms with Crippen molar-refractivity contribution in [2.45, 2.75) is 51.7 Å². The number of pyridine rings is 1. The Labute approximate surface area is 188 Å². The smallest absolute Gasteiger partial charge is 0.410 e. The predicted octanol–water partition coefficient (Wildman–Crippen LogP) is 5.40. The van der Waals surface area contributed by atoms with Crippen LogP contribution in [0, 0.1) is 5.82 Å². The van der Waals surface area contributed by atoms with Crippen molar-refractivity contribution >= 4 is 6.09 Å². The first-order valence-corrected chi connectivity index (χ1v) is 10.9. The summed E-state index contributed by atoms with van der Waals surface area (Å²) in [4.78, 5) is 19.2. The van der Waals surface area contributed by atoms with Gasteiger partial charge in [-0.1, -0.05) is 0 Å². The Morgan fingerprint density at radius 2 is 1.88 bits per heavy atom. The maximum atomic E-state index is 13.4. The Morgan fingerprint density at radius 1 is 1.16 bits per heavy atom. The molecule has 3 heterocycles. The molecule has 0 saturated carbocycles. The normalized spacial score (nSPS) is 18.8. The molecule has 1 amide bonds. The Balaban J connectivity index is 1.69. The minimum atomic E-state index is -0.535. The minimum Gasteiger partial charge on any atom is -0.444 e. The summed E-state index contributed by atoms with van der Waals surface area (Å²) >= 11 is 0. The molecule has 0 aliphatic carbocycles. The molecule has 7 heteroatoms. The van der Waals surface area contributed by atoms with Crippen LogP contribution < -0.4 is 0 Å². The summed E-state index contributed by atoms with van der Waals surface area (Å²) in [6, 6.07) is 10.3. The molecule has 0 bridgehead atoms. The number of aryl methyl sites for hydroxylation is 1. The van der Waals surface area contributed by atoms with Crippen LogP contribution in [0.3, 0.4) is 0 Å². The van der Waals surface area contributed by atoms with Crippen LogP contribution in [-0.4, -0.2) is 43.9 Å². The number of aromatic nitrogens is 3. The van der Waals surface area contributed by atoms with Gasteiger partial charge in [-0.25, -0.2) is 9.18 Å². The van der Waals surface area contributed by atoms with E-state index in [-0.39, 0.29) is 23.9 Å². The molecule has 1 fully saturated rings. The summed E-state index contributed by atoms with van der Waals surface area (Å²) < 4.78 is 20.8. The number of halogens is 1. The Bertz CT molecular complexity index is 1120. The van der Waals surface area contributed by atoms with Crippen LogP contribution in [0.4, 0.5) is 9.18 Å². The fourth-order valence-corrected chi connectivity index (χ4v) is 4.18. The lowest BCUT2D eigenvalue weighted by atomic mass is 9.91. The first-order chi connectivity index (χ1) is 15.1. The van der Waals surface area contributed by atoms with E-state index in [1.165, 1.54) is 12.1 Å². The third-order valence-corrected chi connectivity index (χ3v) is 5.71. The van der Waals surface area contributed by atoms with E-state index >= 15 is 0 Å². The molecule has 1 aliphatic rings. The highest BCUT2D eigenvalue weighted by atomic mass is 19.1. The van der Waals surface area contributed by atoms with Gasteiger partial charge in [0.2, 0.25) is 0 Å². The van der Waals surface area contributed by atoms with Gasteiger partial charge in [-0.2, -0.15) is 5.10 Å². The number of hydrogen-bond donors (Lipinski definition) is 0. The fraction of sp³-hybridized carbons (Fsp3) is 0.400. The largest absolute Gasteiger partial charge is 0.444 e. The first-order valence-electron chi connectivity index (χ1n) is 10.9. The topological polar surface area (TPSA) is 60.2 Å². The van der Waals surface area contributed by atoms with E-state index in [1.807, 2.05) is 59.3 Å². The van der Waals surface area contributed by atoms with Crippen LogP contribution in [0.5, 0.6) is 0 Å². The highest BCUT2D eigenvalue weighted by Crippen LogP contribution is 2.38. The molecule has 1 saturated heterocycles. The molecule has 3 aromatic rings. The van der Waals surface area contributed by atoms with Gasteiger partial charge in [-0.15, -0.1) is 0 Å². The minimum absolute atomic E-state index is 0.0585. The quantitative estimate of drug-likeness (QED) is 0.551. The second-order valence-corrected chi connectivity index (χ2v) is 9.45. The lowest BCUT2D eigenvalue weighted by Crippen LogP contribution is -2.38. The summed E-state index contributed by atoms with van der Waals surface area (Å²) in [7, 11) is 1.88. The van der Waals surface area contributed by atoms with E-state index in [9.17, 15) is 9.18 Å². The van der Waals surface area contributed by atoms with Crippen LogP contribution in [0.1, 0.15) is 45.6 Å². The lowest BCUT2D eigenvalue weighted by Gasteiger charge is -2.27. The number of nitrogens with zero attached hydrogens (tertiary/aromatic N) is 4. The number of carbonyl (C=O) groups excluding carboxylic acids is 1. The maximum absolute atomic E-state index is 13.4. The van der Waals surface area contributed by atoms with Crippen molar-refractivity contribution in [3.8, 4) is 22.5 Å². The van der Waals surface area contributed by atoms with Gasteiger partial charge in [-0.3, -0.25) is 9.67 Å². The molecule has 1 aliphatic heterocycles. The molecular weight excluding hydrogens is 407 g/mol. The van der Waals surface area contributed by atoms with Gasteiger partial charge in [0, 0.05) is 49.1 Å². The molecule has 0 spiro atoms. The Hall–Kier alpha value is -3.22. The number of benzene rings is 1. The molecular formula is C25H29FN4O2. The van der Waals surface area contributed by atoms with Crippen molar-refractivity contribution in [2.75, 3.05) is 6.54 Å². The third kappa shape index (κ3) is 4.66. The van der Waals surface area contributed by atoms with Crippen LogP contribution >= 0.6 is 0 Å². The maximum Gasteiger partial charge on any atom is 0.410 e. The Morgan fingerprint density at radius 3 is 2.50 bits per heavy atom. The molecule has 0 N–H and O–H groups in total. The number of rotatable bonds is 3. The zero-order chi connectivity index (χ0) is 23.0. The second-order valence-electron chi connectivity index (χ2n) is 9.45. The van der Waals surface area contributed by atoms with Gasteiger partial charge in [0.1, 0.15) is 11.4 Å². The molecule has 32 heavy (non-hydrogen) atoms. The standard InChI is InChI=1S/C25H29FN4O2/c1-16-12-18(15-30(16)24(31)32-25(2,3)4)21-14-27-23(17-6-8-19(26)9-7-17)13-20(21)22-10-11-29(5)28-22/h6-11,13-14,16,18H,12,15H2,1-5H3/t16-,18+/m0/s1. The average molecular weight is 437 g/mol. The van der Waals surface area contributed by atoms with Gasteiger partial charge in [0.25, 0.3) is 0 Å². The Kier molecular flexibility index (Phi) is 5.75. The zero-order valence-electron chi connectivity index (χ0n) is 19.2. The number of amides is 1. The number of carbonyl (C=O) groups is 1. The molecule has 0 radical (unpaired) electrons. The SMILES string of the molecule is C[C@H]1C[C@@H](c2cnc(-c3ccc(F)cc3)cc2-c2ccn(C)n2)CN1C(=O)OC(C)(C)C. The summed E-state index contributed by atoms with van der Waals surface area (Å²) in [6.07, 6.45) is 4.30. The first kappa shape index (κ1) is 22.0. The highest BCUT2D eigenvalue weighted by molar-refractivity contribution is 5.73. The lowest BCUT2D eigenvalue weighted by molar-refractivity contribution is 0.0237. The summed E-state index contributed by atoms with van der Waals surface area (Å²) in [5.41, 5.74) is 3.92. The summed E-state index contributed by atoms with van der Waals surface area (Å²) in [5, 5.41) is 4.61. The van der Waals surface area contributed by atoms with E-state index in [2.05, 4.69) is 10.1 Å². The molecule has 2 atom stereocenters. The summed E-state index contributed by atoms with van der Waals surface area (Å²) in [6.45, 7) is 8.24. The van der Waals surface area contributed by atoms with E-state index in [1.54, 1.807) is 21.7 Å². The average Bonchev–Trinajstić information content (AvgIpc) is 3.32. The molecule has 1 aromatic carbocycles. The van der Waals surface area contributed by atoms with Gasteiger partial charge in [0.05, 0.1) is 11.4 Å². The molecule has 4 rings (SSSR count). The van der Waals surface area contributed by atoms with Crippen molar-refractivity contribution in [1.82, 2.24) is 19.7 Å². The van der Waals surface area contributed by atoms with Gasteiger partial charge in [0.15, 0.2) is 0 Å². The van der Waals surface area contributed by atoms with E-state index in [0.717, 1.165) is 34.5 Å². The van der Waals surface area contributed by atoms with E-state index in [4.69, 9.17) is 4.74 Å². The predicted molar refractivity (Wildman–Crippen MR) is 122 cm³/mol. The molecule has 6 nitrogen and oxygen atoms in total. The van der Waals surface area contributed by atoms with Crippen molar-refractivity contribution < 1.29 is 13.9 Å². The highest BCUT2D eigenvalue weighted by Gasteiger charge is 2.37. The number of hydrogen-bond acceptors (Lipinski definition) is 4. The van der Waals surface area contributed by atoms with Gasteiger partial charge >= 0.3 is 6.09 Å². The summed E-state index contributed by atoms with van der Waals surface area (Å²) in [5.74, 6) is -0.165. The molecule has 2 aromatic heterocycles. The van der Waals surface area contributed by atoms with Crippen LogP contribution in [-0.2, 0) is 11.8 Å². The second kappa shape index (κ2) is 8.37. The van der Waals surface area contributed by atoms with Crippen LogP contribution in [0.15, 0.2) is 48.8 Å². The zero-order valence-corrected chi connectivity index (χ0v) is 19.2. The monoisotopic (exact) mass is 436 g/mol. The number of ether oxygens (including phenoxy) is 1. The molecule has 0 unspecified atom stereocenters. The van der Waals surface area contributed by atoms with Crippen molar-refractivity contribution in [3.05, 3.63) is 60.2 Å². The van der Waals surface area contributed by atoms with Gasteiger partial charge in [-0.05, 0) is 76.1 Å². The van der Waals surface area contributed by atoms with Crippen molar-refractivity contribution in [2.24, 2.45) is 7.05 Å². The number of likely N-dealkylation sites (tertiary alicyclic amines) is 1. The van der Waals surface area contributed by atoms with E-state index in [0.29, 0.717) is 6.54 Å². The van der Waals surface area contributed by atoms with Crippen molar-refractivity contribution in [1.29, 1.82) is 0 Å². The third-order valence-electron chi connectivity index (χ3n) is 5.71. The van der Waals surface area contributed by atoms with Gasteiger partial charge < -0.3 is 9.64 Å². The fourth-order valence-electron chi connectivity index (χ4n) is 4.18. The van der Waals surface area contributed by atoms with Crippen LogP contribution in [0.25, 0.3) is 22.5 Å². The van der Waals surface area contributed by atoms with Crippen molar-refractivity contribution in [3.63, 3.8) is 0 Å². The van der Waals surface area contributed by atoms with Crippen LogP contribution in [0.2, 0.25) is 0 Å². The molecule has 168 valence electrons. The van der Waals surface area contributed by atoms with E-state index < -0.39 is 5.60 Å².